The summed E-state index contributed by atoms with van der Waals surface area (Å²) in [5, 5.41) is 0. The number of imide groups is 1. The number of likely N-dealkylation sites (tertiary alicyclic amines) is 1. The zero-order valence-corrected chi connectivity index (χ0v) is 11.4. The Morgan fingerprint density at radius 1 is 1.07 bits per heavy atom. The smallest absolute Gasteiger partial charge is 0.233 e. The number of nitrogens with zero attached hydrogens (tertiary/aromatic N) is 1. The highest BCUT2D eigenvalue weighted by Crippen LogP contribution is 2.59. The van der Waals surface area contributed by atoms with Crippen molar-refractivity contribution in [3.8, 4) is 0 Å². The summed E-state index contributed by atoms with van der Waals surface area (Å²) < 4.78 is 0. The molecule has 1 aliphatic heterocycles. The minimum atomic E-state index is -0.0503. The molecule has 2 aliphatic carbocycles. The topological polar surface area (TPSA) is 37.4 Å². The summed E-state index contributed by atoms with van der Waals surface area (Å²) in [7, 11) is 1.61. The summed E-state index contributed by atoms with van der Waals surface area (Å²) in [6, 6.07) is 0. The number of fused-ring (bicyclic) bond motifs is 5. The first-order valence-electron chi connectivity index (χ1n) is 5.13. The third-order valence-electron chi connectivity index (χ3n) is 4.21. The minimum absolute atomic E-state index is 0.0290. The number of carbonyl (C=O) groups is 2. The molecule has 0 aromatic rings. The number of hydrogen-bond acceptors (Lipinski definition) is 2. The van der Waals surface area contributed by atoms with Gasteiger partial charge >= 0.3 is 0 Å². The normalized spacial score (nSPS) is 52.9. The predicted octanol–water partition coefficient (Wildman–Crippen LogP) is 1.39. The molecule has 0 aromatic carbocycles. The van der Waals surface area contributed by atoms with Crippen molar-refractivity contribution in [3.63, 3.8) is 0 Å². The van der Waals surface area contributed by atoms with Gasteiger partial charge in [-0.05, 0) is 18.3 Å². The van der Waals surface area contributed by atoms with E-state index in [1.54, 1.807) is 7.05 Å². The fourth-order valence-corrected chi connectivity index (χ4v) is 5.37. The highest BCUT2D eigenvalue weighted by atomic mass is 79.9. The van der Waals surface area contributed by atoms with Crippen molar-refractivity contribution in [2.24, 2.45) is 23.7 Å². The Morgan fingerprint density at radius 2 is 1.47 bits per heavy atom. The summed E-state index contributed by atoms with van der Waals surface area (Å²) in [4.78, 5) is 25.8. The van der Waals surface area contributed by atoms with Crippen LogP contribution in [0.25, 0.3) is 0 Å². The molecule has 3 aliphatic rings. The molecule has 82 valence electrons. The first kappa shape index (κ1) is 10.3. The lowest BCUT2D eigenvalue weighted by atomic mass is 9.81. The molecule has 3 rings (SSSR count). The van der Waals surface area contributed by atoms with Crippen molar-refractivity contribution in [3.05, 3.63) is 0 Å². The van der Waals surface area contributed by atoms with Gasteiger partial charge in [-0.3, -0.25) is 14.5 Å². The molecule has 2 amide bonds. The molecule has 0 radical (unpaired) electrons. The molecule has 2 saturated carbocycles. The van der Waals surface area contributed by atoms with Crippen LogP contribution >= 0.6 is 31.9 Å². The van der Waals surface area contributed by atoms with E-state index in [9.17, 15) is 9.59 Å². The molecule has 5 heteroatoms. The minimum Gasteiger partial charge on any atom is -0.285 e. The van der Waals surface area contributed by atoms with E-state index in [0.717, 1.165) is 6.42 Å². The van der Waals surface area contributed by atoms with Gasteiger partial charge in [0.15, 0.2) is 0 Å². The maximum Gasteiger partial charge on any atom is 0.233 e. The van der Waals surface area contributed by atoms with Gasteiger partial charge in [0.1, 0.15) is 0 Å². The number of hydrogen-bond donors (Lipinski definition) is 0. The van der Waals surface area contributed by atoms with Gasteiger partial charge < -0.3 is 0 Å². The van der Waals surface area contributed by atoms with Crippen molar-refractivity contribution < 1.29 is 9.59 Å². The molecule has 3 nitrogen and oxygen atoms in total. The van der Waals surface area contributed by atoms with Crippen molar-refractivity contribution in [1.29, 1.82) is 0 Å². The Labute approximate surface area is 105 Å². The molecule has 6 unspecified atom stereocenters. The van der Waals surface area contributed by atoms with Crippen LogP contribution in [0, 0.1) is 23.7 Å². The van der Waals surface area contributed by atoms with Crippen LogP contribution in [0.5, 0.6) is 0 Å². The summed E-state index contributed by atoms with van der Waals surface area (Å²) in [5.74, 6) is 0.635. The zero-order valence-electron chi connectivity index (χ0n) is 8.19. The Balaban J connectivity index is 2.02. The van der Waals surface area contributed by atoms with Gasteiger partial charge in [0.2, 0.25) is 11.8 Å². The summed E-state index contributed by atoms with van der Waals surface area (Å²) in [5.41, 5.74) is 0. The Kier molecular flexibility index (Phi) is 2.10. The molecule has 2 bridgehead atoms. The first-order chi connectivity index (χ1) is 7.04. The van der Waals surface area contributed by atoms with Crippen LogP contribution in [-0.4, -0.2) is 33.4 Å². The van der Waals surface area contributed by atoms with Gasteiger partial charge in [-0.25, -0.2) is 0 Å². The van der Waals surface area contributed by atoms with Gasteiger partial charge in [-0.2, -0.15) is 0 Å². The molecular formula is C10H11Br2NO2. The van der Waals surface area contributed by atoms with E-state index in [0.29, 0.717) is 21.5 Å². The number of alkyl halides is 2. The van der Waals surface area contributed by atoms with Crippen LogP contribution in [0.3, 0.4) is 0 Å². The van der Waals surface area contributed by atoms with Crippen molar-refractivity contribution in [2.75, 3.05) is 7.05 Å². The number of halogens is 2. The van der Waals surface area contributed by atoms with Crippen LogP contribution in [0.15, 0.2) is 0 Å². The second kappa shape index (κ2) is 3.06. The average molecular weight is 337 g/mol. The maximum atomic E-state index is 11.9. The number of amides is 2. The van der Waals surface area contributed by atoms with E-state index in [1.807, 2.05) is 0 Å². The highest BCUT2D eigenvalue weighted by molar-refractivity contribution is 9.12. The quantitative estimate of drug-likeness (QED) is 0.495. The lowest BCUT2D eigenvalue weighted by Crippen LogP contribution is -2.37. The van der Waals surface area contributed by atoms with E-state index in [-0.39, 0.29) is 23.7 Å². The largest absolute Gasteiger partial charge is 0.285 e. The van der Waals surface area contributed by atoms with Crippen molar-refractivity contribution >= 4 is 43.7 Å². The Hall–Kier alpha value is 0.1000. The maximum absolute atomic E-state index is 11.9. The lowest BCUT2D eigenvalue weighted by Gasteiger charge is -2.28. The number of rotatable bonds is 0. The first-order valence-corrected chi connectivity index (χ1v) is 6.96. The van der Waals surface area contributed by atoms with Crippen molar-refractivity contribution in [2.45, 2.75) is 16.1 Å². The Morgan fingerprint density at radius 3 is 1.87 bits per heavy atom. The fourth-order valence-electron chi connectivity index (χ4n) is 3.50. The van der Waals surface area contributed by atoms with Gasteiger partial charge in [0.25, 0.3) is 0 Å². The molecule has 0 aromatic heterocycles. The van der Waals surface area contributed by atoms with Crippen molar-refractivity contribution in [1.82, 2.24) is 4.90 Å². The molecular weight excluding hydrogens is 326 g/mol. The molecule has 6 atom stereocenters. The second-order valence-corrected chi connectivity index (χ2v) is 6.85. The summed E-state index contributed by atoms with van der Waals surface area (Å²) in [6.45, 7) is 0. The van der Waals surface area contributed by atoms with E-state index < -0.39 is 0 Å². The van der Waals surface area contributed by atoms with E-state index in [4.69, 9.17) is 0 Å². The van der Waals surface area contributed by atoms with Crippen LogP contribution in [0.4, 0.5) is 0 Å². The third kappa shape index (κ3) is 1.06. The highest BCUT2D eigenvalue weighted by Gasteiger charge is 2.65. The van der Waals surface area contributed by atoms with Crippen LogP contribution < -0.4 is 0 Å². The summed E-state index contributed by atoms with van der Waals surface area (Å²) in [6.07, 6.45) is 1.01. The van der Waals surface area contributed by atoms with E-state index in [2.05, 4.69) is 31.9 Å². The van der Waals surface area contributed by atoms with Gasteiger partial charge in [-0.15, -0.1) is 0 Å². The Bertz CT molecular complexity index is 327. The van der Waals surface area contributed by atoms with Crippen LogP contribution in [-0.2, 0) is 9.59 Å². The summed E-state index contributed by atoms with van der Waals surface area (Å²) >= 11 is 7.27. The van der Waals surface area contributed by atoms with E-state index >= 15 is 0 Å². The zero-order chi connectivity index (χ0) is 10.9. The van der Waals surface area contributed by atoms with Gasteiger partial charge in [0.05, 0.1) is 11.8 Å². The number of carbonyl (C=O) groups excluding carboxylic acids is 2. The molecule has 3 fully saturated rings. The third-order valence-corrected chi connectivity index (χ3v) is 7.41. The lowest BCUT2D eigenvalue weighted by molar-refractivity contribution is -0.139. The van der Waals surface area contributed by atoms with Gasteiger partial charge in [-0.1, -0.05) is 31.9 Å². The SMILES string of the molecule is CN1C(=O)C2C3CC(C(Br)C3Br)C2C1=O. The monoisotopic (exact) mass is 335 g/mol. The molecule has 15 heavy (non-hydrogen) atoms. The van der Waals surface area contributed by atoms with Gasteiger partial charge in [0, 0.05) is 16.7 Å². The molecule has 0 N–H and O–H groups in total. The standard InChI is InChI=1S/C10H11Br2NO2/c1-13-9(14)5-3-2-4(6(5)10(13)15)8(12)7(3)11/h3-8H,2H2,1H3. The molecule has 0 spiro atoms. The van der Waals surface area contributed by atoms with Crippen LogP contribution in [0.1, 0.15) is 6.42 Å². The second-order valence-electron chi connectivity index (χ2n) is 4.74. The average Bonchev–Trinajstić information content (AvgIpc) is 2.79. The van der Waals surface area contributed by atoms with E-state index in [1.165, 1.54) is 4.90 Å². The van der Waals surface area contributed by atoms with Crippen LogP contribution in [0.2, 0.25) is 0 Å². The molecule has 1 saturated heterocycles. The molecule has 1 heterocycles. The predicted molar refractivity (Wildman–Crippen MR) is 61.8 cm³/mol. The fraction of sp³-hybridized carbons (Fsp3) is 0.800.